The number of benzene rings is 7. The molecular weight excluding hydrogens is 631 g/mol. The summed E-state index contributed by atoms with van der Waals surface area (Å²) in [6, 6.07) is 51.1. The van der Waals surface area contributed by atoms with Crippen LogP contribution in [0.15, 0.2) is 165 Å². The van der Waals surface area contributed by atoms with Crippen LogP contribution >= 0.6 is 0 Å². The predicted molar refractivity (Wildman–Crippen MR) is 203 cm³/mol. The number of nitrogens with zero attached hydrogens (tertiary/aromatic N) is 3. The zero-order valence-corrected chi connectivity index (χ0v) is 27.0. The number of fused-ring (bicyclic) bond motifs is 9. The topological polar surface area (TPSA) is 78.1 Å². The molecule has 0 saturated carbocycles. The molecule has 6 heteroatoms. The van der Waals surface area contributed by atoms with Crippen LogP contribution in [0.3, 0.4) is 0 Å². The third-order valence-electron chi connectivity index (χ3n) is 9.76. The number of rotatable bonds is 4. The minimum atomic E-state index is 0.533. The summed E-state index contributed by atoms with van der Waals surface area (Å²) in [6.45, 7) is 0. The number of furan rings is 3. The van der Waals surface area contributed by atoms with Gasteiger partial charge in [0.2, 0.25) is 0 Å². The Balaban J connectivity index is 1.10. The summed E-state index contributed by atoms with van der Waals surface area (Å²) in [6.07, 6.45) is 0. The van der Waals surface area contributed by atoms with E-state index in [-0.39, 0.29) is 0 Å². The summed E-state index contributed by atoms with van der Waals surface area (Å²) in [5, 5.41) is 6.21. The van der Waals surface area contributed by atoms with E-state index >= 15 is 0 Å². The molecule has 0 unspecified atom stereocenters. The Bertz CT molecular complexity index is 3150. The second-order valence-electron chi connectivity index (χ2n) is 12.8. The van der Waals surface area contributed by atoms with E-state index in [4.69, 9.17) is 28.2 Å². The van der Waals surface area contributed by atoms with Gasteiger partial charge < -0.3 is 13.3 Å². The number of para-hydroxylation sites is 3. The van der Waals surface area contributed by atoms with Crippen molar-refractivity contribution in [2.75, 3.05) is 0 Å². The Morgan fingerprint density at radius 2 is 0.843 bits per heavy atom. The van der Waals surface area contributed by atoms with Gasteiger partial charge in [-0.3, -0.25) is 0 Å². The summed E-state index contributed by atoms with van der Waals surface area (Å²) in [5.74, 6) is 1.68. The van der Waals surface area contributed by atoms with Crippen LogP contribution in [0.1, 0.15) is 0 Å². The maximum absolute atomic E-state index is 6.62. The average molecular weight is 656 g/mol. The molecule has 6 nitrogen and oxygen atoms in total. The largest absolute Gasteiger partial charge is 0.456 e. The van der Waals surface area contributed by atoms with E-state index < -0.39 is 0 Å². The molecule has 0 bridgehead atoms. The molecule has 11 aromatic rings. The van der Waals surface area contributed by atoms with E-state index in [1.54, 1.807) is 0 Å². The van der Waals surface area contributed by atoms with Crippen LogP contribution in [0.25, 0.3) is 111 Å². The quantitative estimate of drug-likeness (QED) is 0.188. The highest BCUT2D eigenvalue weighted by Gasteiger charge is 2.20. The molecule has 0 aliphatic carbocycles. The summed E-state index contributed by atoms with van der Waals surface area (Å²) in [5.41, 5.74) is 9.66. The van der Waals surface area contributed by atoms with Crippen molar-refractivity contribution in [3.8, 4) is 45.3 Å². The Morgan fingerprint density at radius 1 is 0.314 bits per heavy atom. The monoisotopic (exact) mass is 655 g/mol. The first-order valence-corrected chi connectivity index (χ1v) is 16.8. The Morgan fingerprint density at radius 3 is 1.65 bits per heavy atom. The lowest BCUT2D eigenvalue weighted by Crippen LogP contribution is -2.00. The van der Waals surface area contributed by atoms with E-state index in [0.717, 1.165) is 93.6 Å². The number of hydrogen-bond acceptors (Lipinski definition) is 6. The SMILES string of the molecule is c1ccc(-c2nc(-c3cccc4c3oc3ccc(-c5ccc6oc7ccccc7c6c5)cc34)nc(-c3cccc4oc5ccccc5c34)n2)cc1. The van der Waals surface area contributed by atoms with Gasteiger partial charge in [-0.15, -0.1) is 0 Å². The molecule has 0 fully saturated rings. The van der Waals surface area contributed by atoms with Crippen LogP contribution in [0.2, 0.25) is 0 Å². The van der Waals surface area contributed by atoms with E-state index in [0.29, 0.717) is 17.5 Å². The molecule has 238 valence electrons. The lowest BCUT2D eigenvalue weighted by molar-refractivity contribution is 0.668. The molecule has 0 spiro atoms. The van der Waals surface area contributed by atoms with Crippen LogP contribution in [-0.4, -0.2) is 15.0 Å². The first-order valence-electron chi connectivity index (χ1n) is 16.8. The van der Waals surface area contributed by atoms with E-state index in [9.17, 15) is 0 Å². The maximum Gasteiger partial charge on any atom is 0.167 e. The number of hydrogen-bond donors (Lipinski definition) is 0. The fourth-order valence-electron chi connectivity index (χ4n) is 7.35. The van der Waals surface area contributed by atoms with Crippen LogP contribution in [0.5, 0.6) is 0 Å². The Kier molecular flexibility index (Phi) is 5.86. The van der Waals surface area contributed by atoms with Gasteiger partial charge in [-0.25, -0.2) is 15.0 Å². The molecule has 0 amide bonds. The highest BCUT2D eigenvalue weighted by atomic mass is 16.3. The Labute approximate surface area is 290 Å². The zero-order valence-electron chi connectivity index (χ0n) is 27.0. The molecule has 0 atom stereocenters. The molecule has 0 N–H and O–H groups in total. The van der Waals surface area contributed by atoms with Gasteiger partial charge in [0.15, 0.2) is 17.5 Å². The second-order valence-corrected chi connectivity index (χ2v) is 12.8. The van der Waals surface area contributed by atoms with Gasteiger partial charge in [-0.2, -0.15) is 0 Å². The standard InChI is InChI=1S/C45H25N3O3/c1-2-10-26(11-3-1)43-46-44(32-15-9-19-40-41(32)31-13-5-7-18-37(31)50-40)48-45(47-43)33-16-8-14-30-35-25-28(21-23-39(35)51-42(30)33)27-20-22-38-34(24-27)29-12-4-6-17-36(29)49-38/h1-25H. The van der Waals surface area contributed by atoms with E-state index in [1.807, 2.05) is 103 Å². The lowest BCUT2D eigenvalue weighted by atomic mass is 10.00. The number of aromatic nitrogens is 3. The molecule has 4 heterocycles. The normalized spacial score (nSPS) is 11.9. The third kappa shape index (κ3) is 4.33. The molecule has 0 saturated heterocycles. The molecule has 7 aromatic carbocycles. The summed E-state index contributed by atoms with van der Waals surface area (Å²) >= 11 is 0. The minimum Gasteiger partial charge on any atom is -0.456 e. The second kappa shape index (κ2) is 10.7. The van der Waals surface area contributed by atoms with Gasteiger partial charge in [-0.05, 0) is 59.7 Å². The van der Waals surface area contributed by atoms with Gasteiger partial charge >= 0.3 is 0 Å². The van der Waals surface area contributed by atoms with Gasteiger partial charge in [0.25, 0.3) is 0 Å². The van der Waals surface area contributed by atoms with Crippen LogP contribution in [-0.2, 0) is 0 Å². The fraction of sp³-hybridized carbons (Fsp3) is 0. The van der Waals surface area contributed by atoms with E-state index in [1.165, 1.54) is 0 Å². The van der Waals surface area contributed by atoms with Crippen LogP contribution in [0, 0.1) is 0 Å². The first kappa shape index (κ1) is 27.9. The molecule has 11 rings (SSSR count). The van der Waals surface area contributed by atoms with Gasteiger partial charge in [0, 0.05) is 43.4 Å². The Hall–Kier alpha value is -7.05. The van der Waals surface area contributed by atoms with Crippen LogP contribution < -0.4 is 0 Å². The third-order valence-corrected chi connectivity index (χ3v) is 9.76. The molecule has 0 radical (unpaired) electrons. The van der Waals surface area contributed by atoms with Crippen molar-refractivity contribution >= 4 is 65.8 Å². The van der Waals surface area contributed by atoms with Gasteiger partial charge in [0.1, 0.15) is 33.5 Å². The first-order chi connectivity index (χ1) is 25.2. The molecule has 0 aliphatic heterocycles. The van der Waals surface area contributed by atoms with Crippen molar-refractivity contribution in [2.24, 2.45) is 0 Å². The van der Waals surface area contributed by atoms with Crippen molar-refractivity contribution < 1.29 is 13.3 Å². The maximum atomic E-state index is 6.62. The summed E-state index contributed by atoms with van der Waals surface area (Å²) < 4.78 is 18.9. The van der Waals surface area contributed by atoms with Crippen molar-refractivity contribution in [2.45, 2.75) is 0 Å². The molecule has 0 aliphatic rings. The zero-order chi connectivity index (χ0) is 33.5. The highest BCUT2D eigenvalue weighted by molar-refractivity contribution is 6.13. The minimum absolute atomic E-state index is 0.533. The van der Waals surface area contributed by atoms with Crippen molar-refractivity contribution in [1.82, 2.24) is 15.0 Å². The summed E-state index contributed by atoms with van der Waals surface area (Å²) in [7, 11) is 0. The van der Waals surface area contributed by atoms with Gasteiger partial charge in [-0.1, -0.05) is 103 Å². The van der Waals surface area contributed by atoms with Crippen molar-refractivity contribution in [3.05, 3.63) is 152 Å². The molecular formula is C45H25N3O3. The molecule has 4 aromatic heterocycles. The lowest BCUT2D eigenvalue weighted by Gasteiger charge is -2.09. The summed E-state index contributed by atoms with van der Waals surface area (Å²) in [4.78, 5) is 15.2. The average Bonchev–Trinajstić information content (AvgIpc) is 3.88. The smallest absolute Gasteiger partial charge is 0.167 e. The highest BCUT2D eigenvalue weighted by Crippen LogP contribution is 2.40. The van der Waals surface area contributed by atoms with Crippen molar-refractivity contribution in [1.29, 1.82) is 0 Å². The van der Waals surface area contributed by atoms with Gasteiger partial charge in [0.05, 0.1) is 5.56 Å². The van der Waals surface area contributed by atoms with Crippen molar-refractivity contribution in [3.63, 3.8) is 0 Å². The van der Waals surface area contributed by atoms with Crippen LogP contribution in [0.4, 0.5) is 0 Å². The fourth-order valence-corrected chi connectivity index (χ4v) is 7.35. The predicted octanol–water partition coefficient (Wildman–Crippen LogP) is 12.2. The van der Waals surface area contributed by atoms with E-state index in [2.05, 4.69) is 48.5 Å². The molecule has 51 heavy (non-hydrogen) atoms.